The van der Waals surface area contributed by atoms with Gasteiger partial charge >= 0.3 is 0 Å². The first-order valence-electron chi connectivity index (χ1n) is 6.61. The fourth-order valence-electron chi connectivity index (χ4n) is 2.55. The Morgan fingerprint density at radius 3 is 2.88 bits per heavy atom. The normalized spacial score (nSPS) is 21.9. The van der Waals surface area contributed by atoms with Gasteiger partial charge in [0.05, 0.1) is 0 Å². The lowest BCUT2D eigenvalue weighted by Gasteiger charge is -2.34. The second kappa shape index (κ2) is 6.12. The molecule has 0 saturated carbocycles. The molecular weight excluding hydrogens is 210 g/mol. The van der Waals surface area contributed by atoms with E-state index in [9.17, 15) is 0 Å². The summed E-state index contributed by atoms with van der Waals surface area (Å²) in [4.78, 5) is 6.60. The van der Waals surface area contributed by atoms with Crippen LogP contribution in [-0.2, 0) is 6.54 Å². The molecule has 1 aromatic heterocycles. The molecule has 1 N–H and O–H groups in total. The van der Waals surface area contributed by atoms with E-state index in [1.807, 2.05) is 12.4 Å². The van der Waals surface area contributed by atoms with E-state index < -0.39 is 0 Å². The van der Waals surface area contributed by atoms with Crippen LogP contribution in [0.3, 0.4) is 0 Å². The Hall–Kier alpha value is -0.930. The van der Waals surface area contributed by atoms with Gasteiger partial charge in [-0.2, -0.15) is 0 Å². The van der Waals surface area contributed by atoms with Crippen LogP contribution in [0.4, 0.5) is 0 Å². The molecule has 0 aromatic carbocycles. The van der Waals surface area contributed by atoms with Crippen LogP contribution >= 0.6 is 0 Å². The van der Waals surface area contributed by atoms with Crippen LogP contribution in [0.15, 0.2) is 24.5 Å². The third-order valence-electron chi connectivity index (χ3n) is 3.23. The Bertz CT molecular complexity index is 323. The number of likely N-dealkylation sites (tertiary alicyclic amines) is 1. The van der Waals surface area contributed by atoms with Crippen molar-refractivity contribution in [1.29, 1.82) is 0 Å². The molecule has 2 heterocycles. The van der Waals surface area contributed by atoms with E-state index in [1.165, 1.54) is 31.5 Å². The van der Waals surface area contributed by atoms with Crippen LogP contribution in [0.25, 0.3) is 0 Å². The highest BCUT2D eigenvalue weighted by atomic mass is 15.2. The van der Waals surface area contributed by atoms with Crippen LogP contribution in [0.1, 0.15) is 32.3 Å². The van der Waals surface area contributed by atoms with Gasteiger partial charge in [-0.15, -0.1) is 0 Å². The van der Waals surface area contributed by atoms with Crippen molar-refractivity contribution >= 4 is 0 Å². The number of pyridine rings is 1. The first kappa shape index (κ1) is 12.5. The van der Waals surface area contributed by atoms with Gasteiger partial charge in [-0.3, -0.25) is 9.88 Å². The van der Waals surface area contributed by atoms with Gasteiger partial charge in [0, 0.05) is 37.6 Å². The summed E-state index contributed by atoms with van der Waals surface area (Å²) in [6.45, 7) is 7.89. The zero-order valence-electron chi connectivity index (χ0n) is 10.9. The van der Waals surface area contributed by atoms with E-state index in [0.29, 0.717) is 12.1 Å². The summed E-state index contributed by atoms with van der Waals surface area (Å²) in [5.74, 6) is 0. The molecule has 94 valence electrons. The van der Waals surface area contributed by atoms with Gasteiger partial charge in [0.2, 0.25) is 0 Å². The molecule has 1 atom stereocenters. The molecule has 0 bridgehead atoms. The number of piperidine rings is 1. The Morgan fingerprint density at radius 2 is 2.18 bits per heavy atom. The minimum atomic E-state index is 0.584. The molecule has 1 saturated heterocycles. The topological polar surface area (TPSA) is 28.2 Å². The van der Waals surface area contributed by atoms with E-state index in [1.54, 1.807) is 0 Å². The molecular formula is C14H23N3. The molecule has 1 aliphatic rings. The number of nitrogens with one attached hydrogen (secondary N) is 1. The van der Waals surface area contributed by atoms with Crippen molar-refractivity contribution in [2.75, 3.05) is 13.1 Å². The Labute approximate surface area is 104 Å². The Morgan fingerprint density at radius 1 is 1.41 bits per heavy atom. The second-order valence-corrected chi connectivity index (χ2v) is 5.25. The Kier molecular flexibility index (Phi) is 4.51. The smallest absolute Gasteiger partial charge is 0.0271 e. The third kappa shape index (κ3) is 4.10. The van der Waals surface area contributed by atoms with E-state index >= 15 is 0 Å². The summed E-state index contributed by atoms with van der Waals surface area (Å²) in [6, 6.07) is 5.46. The van der Waals surface area contributed by atoms with Gasteiger partial charge in [0.1, 0.15) is 0 Å². The maximum Gasteiger partial charge on any atom is 0.0271 e. The maximum atomic E-state index is 4.06. The van der Waals surface area contributed by atoms with Crippen molar-refractivity contribution in [1.82, 2.24) is 15.2 Å². The van der Waals surface area contributed by atoms with Gasteiger partial charge in [0.25, 0.3) is 0 Å². The standard InChI is InChI=1S/C14H23N3/c1-12(2)16-14-4-3-9-17(11-14)10-13-5-7-15-8-6-13/h5-8,12,14,16H,3-4,9-11H2,1-2H3. The lowest BCUT2D eigenvalue weighted by Crippen LogP contribution is -2.47. The van der Waals surface area contributed by atoms with E-state index in [-0.39, 0.29) is 0 Å². The second-order valence-electron chi connectivity index (χ2n) is 5.25. The van der Waals surface area contributed by atoms with Gasteiger partial charge in [-0.1, -0.05) is 13.8 Å². The molecule has 0 amide bonds. The average molecular weight is 233 g/mol. The first-order valence-corrected chi connectivity index (χ1v) is 6.61. The minimum Gasteiger partial charge on any atom is -0.311 e. The molecule has 2 rings (SSSR count). The largest absolute Gasteiger partial charge is 0.311 e. The average Bonchev–Trinajstić information content (AvgIpc) is 2.30. The molecule has 1 unspecified atom stereocenters. The lowest BCUT2D eigenvalue weighted by atomic mass is 10.0. The monoisotopic (exact) mass is 233 g/mol. The number of aromatic nitrogens is 1. The summed E-state index contributed by atoms with van der Waals surface area (Å²) in [6.07, 6.45) is 6.37. The van der Waals surface area contributed by atoms with E-state index in [2.05, 4.69) is 41.2 Å². The van der Waals surface area contributed by atoms with Crippen molar-refractivity contribution in [3.63, 3.8) is 0 Å². The fourth-order valence-corrected chi connectivity index (χ4v) is 2.55. The predicted molar refractivity (Wildman–Crippen MR) is 70.8 cm³/mol. The van der Waals surface area contributed by atoms with Gasteiger partial charge in [0.15, 0.2) is 0 Å². The number of hydrogen-bond acceptors (Lipinski definition) is 3. The fraction of sp³-hybridized carbons (Fsp3) is 0.643. The van der Waals surface area contributed by atoms with Crippen LogP contribution in [0, 0.1) is 0 Å². The summed E-state index contributed by atoms with van der Waals surface area (Å²) in [5.41, 5.74) is 1.37. The Balaban J connectivity index is 1.85. The molecule has 1 aliphatic heterocycles. The van der Waals surface area contributed by atoms with Crippen molar-refractivity contribution in [3.05, 3.63) is 30.1 Å². The van der Waals surface area contributed by atoms with E-state index in [4.69, 9.17) is 0 Å². The van der Waals surface area contributed by atoms with Gasteiger partial charge in [-0.25, -0.2) is 0 Å². The SMILES string of the molecule is CC(C)NC1CCCN(Cc2ccncc2)C1. The molecule has 0 radical (unpaired) electrons. The molecule has 0 spiro atoms. The van der Waals surface area contributed by atoms with Crippen LogP contribution in [-0.4, -0.2) is 35.1 Å². The van der Waals surface area contributed by atoms with Crippen LogP contribution < -0.4 is 5.32 Å². The first-order chi connectivity index (χ1) is 8.24. The van der Waals surface area contributed by atoms with Gasteiger partial charge in [-0.05, 0) is 37.1 Å². The lowest BCUT2D eigenvalue weighted by molar-refractivity contribution is 0.178. The van der Waals surface area contributed by atoms with Crippen molar-refractivity contribution in [2.24, 2.45) is 0 Å². The molecule has 1 fully saturated rings. The third-order valence-corrected chi connectivity index (χ3v) is 3.23. The molecule has 17 heavy (non-hydrogen) atoms. The molecule has 3 heteroatoms. The highest BCUT2D eigenvalue weighted by molar-refractivity contribution is 5.09. The maximum absolute atomic E-state index is 4.06. The molecule has 3 nitrogen and oxygen atoms in total. The summed E-state index contributed by atoms with van der Waals surface area (Å²) in [5, 5.41) is 3.64. The van der Waals surface area contributed by atoms with Crippen molar-refractivity contribution in [2.45, 2.75) is 45.3 Å². The molecule has 0 aliphatic carbocycles. The van der Waals surface area contributed by atoms with Crippen LogP contribution in [0.2, 0.25) is 0 Å². The quantitative estimate of drug-likeness (QED) is 0.862. The summed E-state index contributed by atoms with van der Waals surface area (Å²) < 4.78 is 0. The molecule has 1 aromatic rings. The zero-order valence-corrected chi connectivity index (χ0v) is 10.9. The van der Waals surface area contributed by atoms with E-state index in [0.717, 1.165) is 6.54 Å². The van der Waals surface area contributed by atoms with Crippen LogP contribution in [0.5, 0.6) is 0 Å². The zero-order chi connectivity index (χ0) is 12.1. The highest BCUT2D eigenvalue weighted by Gasteiger charge is 2.19. The minimum absolute atomic E-state index is 0.584. The predicted octanol–water partition coefficient (Wildman–Crippen LogP) is 2.04. The van der Waals surface area contributed by atoms with Crippen molar-refractivity contribution < 1.29 is 0 Å². The summed E-state index contributed by atoms with van der Waals surface area (Å²) >= 11 is 0. The van der Waals surface area contributed by atoms with Gasteiger partial charge < -0.3 is 5.32 Å². The number of hydrogen-bond donors (Lipinski definition) is 1. The highest BCUT2D eigenvalue weighted by Crippen LogP contribution is 2.13. The van der Waals surface area contributed by atoms with Crippen molar-refractivity contribution in [3.8, 4) is 0 Å². The number of rotatable bonds is 4. The number of nitrogens with zero attached hydrogens (tertiary/aromatic N) is 2. The summed E-state index contributed by atoms with van der Waals surface area (Å²) in [7, 11) is 0.